The molecule has 0 bridgehead atoms. The van der Waals surface area contributed by atoms with E-state index in [-0.39, 0.29) is 12.5 Å². The molecule has 128 valence electrons. The first-order valence-electron chi connectivity index (χ1n) is 7.33. The van der Waals surface area contributed by atoms with E-state index in [1.54, 1.807) is 19.2 Å². The van der Waals surface area contributed by atoms with Crippen molar-refractivity contribution in [3.05, 3.63) is 23.8 Å². The van der Waals surface area contributed by atoms with Crippen LogP contribution in [0.2, 0.25) is 0 Å². The minimum atomic E-state index is -3.38. The smallest absolute Gasteiger partial charge is 0.238 e. The van der Waals surface area contributed by atoms with Crippen LogP contribution in [0.3, 0.4) is 0 Å². The number of carbonyl (C=O) groups is 1. The van der Waals surface area contributed by atoms with Gasteiger partial charge in [0.1, 0.15) is 6.04 Å². The molecule has 0 aromatic heterocycles. The third-order valence-corrected chi connectivity index (χ3v) is 5.16. The maximum absolute atomic E-state index is 12.3. The van der Waals surface area contributed by atoms with E-state index in [1.807, 2.05) is 6.07 Å². The lowest BCUT2D eigenvalue weighted by Crippen LogP contribution is -2.45. The molecule has 8 heteroatoms. The van der Waals surface area contributed by atoms with E-state index >= 15 is 0 Å². The van der Waals surface area contributed by atoms with Gasteiger partial charge >= 0.3 is 0 Å². The number of nitrogens with zero attached hydrogens (tertiary/aromatic N) is 1. The molecule has 1 N–H and O–H groups in total. The molecule has 1 aliphatic heterocycles. The lowest BCUT2D eigenvalue weighted by atomic mass is 10.1. The molecule has 0 aliphatic carbocycles. The first-order valence-corrected chi connectivity index (χ1v) is 9.17. The molecule has 0 spiro atoms. The molecule has 0 saturated carbocycles. The lowest BCUT2D eigenvalue weighted by Gasteiger charge is -2.21. The van der Waals surface area contributed by atoms with Crippen molar-refractivity contribution in [2.45, 2.75) is 25.4 Å². The molecular weight excluding hydrogens is 320 g/mol. The van der Waals surface area contributed by atoms with Crippen LogP contribution in [-0.4, -0.2) is 51.7 Å². The third-order valence-electron chi connectivity index (χ3n) is 3.87. The predicted molar refractivity (Wildman–Crippen MR) is 86.0 cm³/mol. The molecule has 0 unspecified atom stereocenters. The summed E-state index contributed by atoms with van der Waals surface area (Å²) in [6, 6.07) is 4.76. The number of para-hydroxylation sites is 1. The summed E-state index contributed by atoms with van der Waals surface area (Å²) in [6.45, 7) is 0.632. The fourth-order valence-corrected chi connectivity index (χ4v) is 3.92. The predicted octanol–water partition coefficient (Wildman–Crippen LogP) is 0.744. The van der Waals surface area contributed by atoms with Gasteiger partial charge < -0.3 is 14.8 Å². The first-order chi connectivity index (χ1) is 10.9. The summed E-state index contributed by atoms with van der Waals surface area (Å²) in [6.07, 6.45) is 2.35. The number of amides is 1. The number of benzene rings is 1. The second kappa shape index (κ2) is 7.18. The van der Waals surface area contributed by atoms with Gasteiger partial charge in [0.25, 0.3) is 0 Å². The van der Waals surface area contributed by atoms with E-state index in [9.17, 15) is 13.2 Å². The number of methoxy groups -OCH3 is 2. The maximum Gasteiger partial charge on any atom is 0.238 e. The Morgan fingerprint density at radius 3 is 2.70 bits per heavy atom. The summed E-state index contributed by atoms with van der Waals surface area (Å²) < 4.78 is 35.2. The van der Waals surface area contributed by atoms with Crippen molar-refractivity contribution in [1.82, 2.24) is 9.62 Å². The van der Waals surface area contributed by atoms with Gasteiger partial charge in [-0.3, -0.25) is 4.79 Å². The molecule has 1 heterocycles. The molecule has 1 fully saturated rings. The first kappa shape index (κ1) is 17.6. The van der Waals surface area contributed by atoms with Crippen molar-refractivity contribution < 1.29 is 22.7 Å². The number of hydrogen-bond donors (Lipinski definition) is 1. The van der Waals surface area contributed by atoms with Crippen LogP contribution in [0.1, 0.15) is 18.4 Å². The van der Waals surface area contributed by atoms with Gasteiger partial charge in [0.2, 0.25) is 15.9 Å². The van der Waals surface area contributed by atoms with E-state index in [2.05, 4.69) is 5.32 Å². The highest BCUT2D eigenvalue weighted by molar-refractivity contribution is 7.88. The van der Waals surface area contributed by atoms with E-state index in [0.717, 1.165) is 11.8 Å². The van der Waals surface area contributed by atoms with Gasteiger partial charge in [0, 0.05) is 18.7 Å². The largest absolute Gasteiger partial charge is 0.493 e. The normalized spacial score (nSPS) is 18.7. The quantitative estimate of drug-likeness (QED) is 0.824. The Bertz CT molecular complexity index is 674. The topological polar surface area (TPSA) is 84.9 Å². The van der Waals surface area contributed by atoms with E-state index < -0.39 is 16.1 Å². The van der Waals surface area contributed by atoms with Crippen LogP contribution in [0.25, 0.3) is 0 Å². The van der Waals surface area contributed by atoms with Gasteiger partial charge in [0.05, 0.1) is 20.5 Å². The van der Waals surface area contributed by atoms with Crippen molar-refractivity contribution in [2.75, 3.05) is 27.0 Å². The van der Waals surface area contributed by atoms with Crippen molar-refractivity contribution in [2.24, 2.45) is 0 Å². The molecule has 1 amide bonds. The fourth-order valence-electron chi connectivity index (χ4n) is 2.79. The molecule has 1 aromatic rings. The van der Waals surface area contributed by atoms with Gasteiger partial charge in [-0.05, 0) is 18.9 Å². The molecule has 2 rings (SSSR count). The zero-order chi connectivity index (χ0) is 17.0. The standard InChI is InChI=1S/C15H22N2O5S/c1-21-13-8-4-6-11(14(13)22-2)10-16-15(18)12-7-5-9-17(12)23(3,19)20/h4,6,8,12H,5,7,9-10H2,1-3H3,(H,16,18)/t12-/m0/s1. The van der Waals surface area contributed by atoms with Crippen LogP contribution in [0.4, 0.5) is 0 Å². The second-order valence-corrected chi connectivity index (χ2v) is 7.34. The van der Waals surface area contributed by atoms with Crippen LogP contribution in [-0.2, 0) is 21.4 Å². The SMILES string of the molecule is COc1cccc(CNC(=O)[C@@H]2CCCN2S(C)(=O)=O)c1OC. The Labute approximate surface area is 136 Å². The number of sulfonamides is 1. The minimum Gasteiger partial charge on any atom is -0.493 e. The highest BCUT2D eigenvalue weighted by atomic mass is 32.2. The summed E-state index contributed by atoms with van der Waals surface area (Å²) >= 11 is 0. The summed E-state index contributed by atoms with van der Waals surface area (Å²) in [5.74, 6) is 0.845. The zero-order valence-electron chi connectivity index (χ0n) is 13.5. The molecule has 1 atom stereocenters. The Morgan fingerprint density at radius 1 is 1.35 bits per heavy atom. The fraction of sp³-hybridized carbons (Fsp3) is 0.533. The Kier molecular flexibility index (Phi) is 5.48. The van der Waals surface area contributed by atoms with Gasteiger partial charge in [-0.1, -0.05) is 12.1 Å². The third kappa shape index (κ3) is 3.94. The Balaban J connectivity index is 2.08. The summed E-state index contributed by atoms with van der Waals surface area (Å²) in [5.41, 5.74) is 0.768. The molecule has 1 aliphatic rings. The highest BCUT2D eigenvalue weighted by Crippen LogP contribution is 2.30. The lowest BCUT2D eigenvalue weighted by molar-refractivity contribution is -0.124. The number of hydrogen-bond acceptors (Lipinski definition) is 5. The van der Waals surface area contributed by atoms with Crippen LogP contribution >= 0.6 is 0 Å². The number of carbonyl (C=O) groups excluding carboxylic acids is 1. The van der Waals surface area contributed by atoms with E-state index in [1.165, 1.54) is 11.4 Å². The molecule has 23 heavy (non-hydrogen) atoms. The van der Waals surface area contributed by atoms with E-state index in [0.29, 0.717) is 30.9 Å². The average molecular weight is 342 g/mol. The number of rotatable bonds is 6. The molecule has 0 radical (unpaired) electrons. The van der Waals surface area contributed by atoms with Crippen molar-refractivity contribution in [3.8, 4) is 11.5 Å². The van der Waals surface area contributed by atoms with Gasteiger partial charge in [0.15, 0.2) is 11.5 Å². The molecule has 1 aromatic carbocycles. The molecule has 7 nitrogen and oxygen atoms in total. The summed E-state index contributed by atoms with van der Waals surface area (Å²) in [7, 11) is -0.298. The summed E-state index contributed by atoms with van der Waals surface area (Å²) in [4.78, 5) is 12.3. The van der Waals surface area contributed by atoms with Crippen LogP contribution in [0, 0.1) is 0 Å². The monoisotopic (exact) mass is 342 g/mol. The Hall–Kier alpha value is -1.80. The Morgan fingerprint density at radius 2 is 2.09 bits per heavy atom. The molecule has 1 saturated heterocycles. The van der Waals surface area contributed by atoms with Gasteiger partial charge in [-0.2, -0.15) is 4.31 Å². The number of ether oxygens (including phenoxy) is 2. The average Bonchev–Trinajstić information content (AvgIpc) is 3.01. The van der Waals surface area contributed by atoms with Gasteiger partial charge in [-0.15, -0.1) is 0 Å². The second-order valence-electron chi connectivity index (χ2n) is 5.40. The maximum atomic E-state index is 12.3. The van der Waals surface area contributed by atoms with Gasteiger partial charge in [-0.25, -0.2) is 8.42 Å². The van der Waals surface area contributed by atoms with E-state index in [4.69, 9.17) is 9.47 Å². The van der Waals surface area contributed by atoms with Crippen molar-refractivity contribution in [3.63, 3.8) is 0 Å². The van der Waals surface area contributed by atoms with Crippen LogP contribution in [0.5, 0.6) is 11.5 Å². The van der Waals surface area contributed by atoms with Crippen LogP contribution in [0.15, 0.2) is 18.2 Å². The minimum absolute atomic E-state index is 0.243. The zero-order valence-corrected chi connectivity index (χ0v) is 14.4. The highest BCUT2D eigenvalue weighted by Gasteiger charge is 2.36. The van der Waals surface area contributed by atoms with Crippen molar-refractivity contribution >= 4 is 15.9 Å². The molecular formula is C15H22N2O5S. The number of nitrogens with one attached hydrogen (secondary N) is 1. The van der Waals surface area contributed by atoms with Crippen LogP contribution < -0.4 is 14.8 Å². The van der Waals surface area contributed by atoms with Crippen molar-refractivity contribution in [1.29, 1.82) is 0 Å². The summed E-state index contributed by atoms with van der Waals surface area (Å²) in [5, 5.41) is 2.79.